The van der Waals surface area contributed by atoms with E-state index in [2.05, 4.69) is 44.6 Å². The van der Waals surface area contributed by atoms with Gasteiger partial charge >= 0.3 is 0 Å². The highest BCUT2D eigenvalue weighted by Crippen LogP contribution is 2.29. The van der Waals surface area contributed by atoms with Gasteiger partial charge in [-0.3, -0.25) is 4.79 Å². The second-order valence-corrected chi connectivity index (χ2v) is 23.5. The fourth-order valence-electron chi connectivity index (χ4n) is 2.89. The van der Waals surface area contributed by atoms with E-state index in [9.17, 15) is 9.90 Å². The molecule has 5 atom stereocenters. The third-order valence-corrected chi connectivity index (χ3v) is 6.69. The first-order chi connectivity index (χ1) is 12.0. The Hall–Kier alpha value is -0.0794. The monoisotopic (exact) mass is 437 g/mol. The molecule has 27 heavy (non-hydrogen) atoms. The van der Waals surface area contributed by atoms with Gasteiger partial charge in [-0.15, -0.1) is 0 Å². The molecule has 10 heteroatoms. The van der Waals surface area contributed by atoms with E-state index in [4.69, 9.17) is 18.0 Å². The fourth-order valence-corrected chi connectivity index (χ4v) is 5.75. The predicted octanol–water partition coefficient (Wildman–Crippen LogP) is 2.50. The van der Waals surface area contributed by atoms with Gasteiger partial charge in [0.1, 0.15) is 12.2 Å². The molecule has 0 aromatic heterocycles. The van der Waals surface area contributed by atoms with Crippen LogP contribution in [0, 0.1) is 0 Å². The van der Waals surface area contributed by atoms with Gasteiger partial charge in [0, 0.05) is 6.92 Å². The summed E-state index contributed by atoms with van der Waals surface area (Å²) in [5.74, 6) is -0.188. The molecule has 7 nitrogen and oxygen atoms in total. The Morgan fingerprint density at radius 2 is 1.41 bits per heavy atom. The smallest absolute Gasteiger partial charge is 0.217 e. The van der Waals surface area contributed by atoms with Crippen molar-refractivity contribution < 1.29 is 27.9 Å². The van der Waals surface area contributed by atoms with Crippen molar-refractivity contribution in [3.05, 3.63) is 0 Å². The van der Waals surface area contributed by atoms with Crippen LogP contribution in [0.2, 0.25) is 58.9 Å². The molecule has 0 aromatic rings. The molecule has 1 heterocycles. The first-order valence-electron chi connectivity index (χ1n) is 9.59. The van der Waals surface area contributed by atoms with E-state index in [1.807, 2.05) is 19.6 Å². The molecule has 0 bridgehead atoms. The minimum Gasteiger partial charge on any atom is -0.415 e. The number of ether oxygens (including phenoxy) is 1. The first kappa shape index (κ1) is 25.0. The van der Waals surface area contributed by atoms with Gasteiger partial charge in [-0.05, 0) is 58.9 Å². The fraction of sp³-hybridized carbons (Fsp3) is 0.941. The quantitative estimate of drug-likeness (QED) is 0.568. The summed E-state index contributed by atoms with van der Waals surface area (Å²) in [7, 11) is -5.74. The van der Waals surface area contributed by atoms with Gasteiger partial charge in [0.15, 0.2) is 31.2 Å². The van der Waals surface area contributed by atoms with Crippen molar-refractivity contribution in [3.8, 4) is 0 Å². The van der Waals surface area contributed by atoms with E-state index in [1.54, 1.807) is 0 Å². The topological polar surface area (TPSA) is 86.3 Å². The number of rotatable bonds is 8. The third-order valence-electron chi connectivity index (χ3n) is 3.70. The summed E-state index contributed by atoms with van der Waals surface area (Å²) in [6.45, 7) is 20.5. The maximum Gasteiger partial charge on any atom is 0.217 e. The molecule has 0 aliphatic carbocycles. The minimum atomic E-state index is -2.00. The highest BCUT2D eigenvalue weighted by molar-refractivity contribution is 6.70. The molecule has 0 aromatic carbocycles. The summed E-state index contributed by atoms with van der Waals surface area (Å²) in [5, 5.41) is 13.6. The Balaban J connectivity index is 3.20. The summed E-state index contributed by atoms with van der Waals surface area (Å²) in [6, 6.07) is -0.500. The SMILES string of the molecule is CC(=O)NC1C(O[Si](C)(C)C)C(O)OC(CO[Si](C)(C)C)C1O[Si](C)(C)C. The number of carbonyl (C=O) groups excluding carboxylic acids is 1. The number of hydrogen-bond acceptors (Lipinski definition) is 6. The van der Waals surface area contributed by atoms with Gasteiger partial charge in [-0.1, -0.05) is 0 Å². The van der Waals surface area contributed by atoms with Gasteiger partial charge in [0.05, 0.1) is 18.8 Å². The molecular formula is C17H39NO6Si3. The Morgan fingerprint density at radius 1 is 0.926 bits per heavy atom. The lowest BCUT2D eigenvalue weighted by atomic mass is 9.96. The lowest BCUT2D eigenvalue weighted by Crippen LogP contribution is -2.68. The zero-order chi connectivity index (χ0) is 21.2. The molecule has 0 spiro atoms. The van der Waals surface area contributed by atoms with Crippen LogP contribution in [0.5, 0.6) is 0 Å². The van der Waals surface area contributed by atoms with E-state index in [0.29, 0.717) is 6.61 Å². The van der Waals surface area contributed by atoms with E-state index in [-0.39, 0.29) is 5.91 Å². The molecule has 0 saturated carbocycles. The van der Waals surface area contributed by atoms with Crippen LogP contribution >= 0.6 is 0 Å². The van der Waals surface area contributed by atoms with Gasteiger partial charge in [0.25, 0.3) is 0 Å². The third kappa shape index (κ3) is 9.31. The summed E-state index contributed by atoms with van der Waals surface area (Å²) >= 11 is 0. The predicted molar refractivity (Wildman–Crippen MR) is 114 cm³/mol. The maximum absolute atomic E-state index is 11.9. The summed E-state index contributed by atoms with van der Waals surface area (Å²) in [5.41, 5.74) is 0. The van der Waals surface area contributed by atoms with Gasteiger partial charge in [0.2, 0.25) is 5.91 Å². The van der Waals surface area contributed by atoms with Crippen LogP contribution in [0.1, 0.15) is 6.92 Å². The second-order valence-electron chi connectivity index (χ2n) is 10.1. The van der Waals surface area contributed by atoms with Crippen LogP contribution in [-0.4, -0.2) is 73.2 Å². The Kier molecular flexibility index (Phi) is 8.47. The number of nitrogens with one attached hydrogen (secondary N) is 1. The highest BCUT2D eigenvalue weighted by Gasteiger charge is 2.49. The zero-order valence-corrected chi connectivity index (χ0v) is 21.6. The zero-order valence-electron chi connectivity index (χ0n) is 18.6. The minimum absolute atomic E-state index is 0.188. The molecule has 1 amide bonds. The number of carbonyl (C=O) groups is 1. The number of hydrogen-bond donors (Lipinski definition) is 2. The average molecular weight is 438 g/mol. The maximum atomic E-state index is 11.9. The van der Waals surface area contributed by atoms with Crippen LogP contribution in [0.15, 0.2) is 0 Å². The van der Waals surface area contributed by atoms with Crippen LogP contribution < -0.4 is 5.32 Å². The van der Waals surface area contributed by atoms with Crippen molar-refractivity contribution in [2.45, 2.75) is 96.5 Å². The lowest BCUT2D eigenvalue weighted by molar-refractivity contribution is -0.253. The van der Waals surface area contributed by atoms with Crippen molar-refractivity contribution in [1.29, 1.82) is 0 Å². The summed E-state index contributed by atoms with van der Waals surface area (Å²) in [4.78, 5) is 11.9. The highest BCUT2D eigenvalue weighted by atomic mass is 28.4. The number of aliphatic hydroxyl groups excluding tert-OH is 1. The number of amides is 1. The Bertz CT molecular complexity index is 500. The van der Waals surface area contributed by atoms with E-state index in [0.717, 1.165) is 0 Å². The van der Waals surface area contributed by atoms with Gasteiger partial charge < -0.3 is 28.4 Å². The first-order valence-corrected chi connectivity index (χ1v) is 19.8. The van der Waals surface area contributed by atoms with E-state index >= 15 is 0 Å². The van der Waals surface area contributed by atoms with Crippen molar-refractivity contribution in [3.63, 3.8) is 0 Å². The normalized spacial score (nSPS) is 30.3. The molecule has 1 saturated heterocycles. The van der Waals surface area contributed by atoms with Crippen LogP contribution in [0.3, 0.4) is 0 Å². The Labute approximate surface area is 167 Å². The lowest BCUT2D eigenvalue weighted by Gasteiger charge is -2.48. The van der Waals surface area contributed by atoms with Crippen LogP contribution in [0.25, 0.3) is 0 Å². The molecule has 2 N–H and O–H groups in total. The molecule has 1 aliphatic heterocycles. The Morgan fingerprint density at radius 3 is 1.81 bits per heavy atom. The number of aliphatic hydroxyl groups is 1. The van der Waals surface area contributed by atoms with E-state index < -0.39 is 55.6 Å². The molecule has 5 unspecified atom stereocenters. The molecule has 1 fully saturated rings. The van der Waals surface area contributed by atoms with Crippen LogP contribution in [0.4, 0.5) is 0 Å². The average Bonchev–Trinajstić information content (AvgIpc) is 2.40. The van der Waals surface area contributed by atoms with Crippen LogP contribution in [-0.2, 0) is 22.8 Å². The largest absolute Gasteiger partial charge is 0.415 e. The molecule has 1 aliphatic rings. The molecule has 160 valence electrons. The van der Waals surface area contributed by atoms with Crippen molar-refractivity contribution in [2.24, 2.45) is 0 Å². The molecule has 1 rings (SSSR count). The summed E-state index contributed by atoms with van der Waals surface area (Å²) in [6.07, 6.45) is -2.74. The van der Waals surface area contributed by atoms with E-state index in [1.165, 1.54) is 6.92 Å². The second kappa shape index (κ2) is 9.16. The standard InChI is InChI=1S/C17H39NO6Si3/c1-12(19)18-14-15(23-26(5,6)7)13(11-21-25(2,3)4)22-17(20)16(14)24-27(8,9)10/h13-17,20H,11H2,1-10H3,(H,18,19). The van der Waals surface area contributed by atoms with Crippen molar-refractivity contribution >= 4 is 30.9 Å². The van der Waals surface area contributed by atoms with Crippen molar-refractivity contribution in [2.75, 3.05) is 6.61 Å². The molecular weight excluding hydrogens is 398 g/mol. The van der Waals surface area contributed by atoms with Gasteiger partial charge in [-0.2, -0.15) is 0 Å². The van der Waals surface area contributed by atoms with Crippen molar-refractivity contribution in [1.82, 2.24) is 5.32 Å². The summed E-state index contributed by atoms with van der Waals surface area (Å²) < 4.78 is 24.6. The molecule has 0 radical (unpaired) electrons. The van der Waals surface area contributed by atoms with Gasteiger partial charge in [-0.25, -0.2) is 0 Å².